The molecule has 5 N–H and O–H groups in total. The molecule has 0 aliphatic heterocycles. The molecule has 20 heavy (non-hydrogen) atoms. The first-order valence-corrected chi connectivity index (χ1v) is 8.05. The second-order valence-electron chi connectivity index (χ2n) is 4.75. The lowest BCUT2D eigenvalue weighted by Crippen LogP contribution is -2.35. The van der Waals surface area contributed by atoms with Crippen LogP contribution < -0.4 is 15.8 Å². The second-order valence-corrected chi connectivity index (χ2v) is 6.60. The highest BCUT2D eigenvalue weighted by Gasteiger charge is 2.22. The van der Waals surface area contributed by atoms with Crippen LogP contribution in [-0.2, 0) is 10.0 Å². The molecule has 0 unspecified atom stereocenters. The lowest BCUT2D eigenvalue weighted by atomic mass is 9.97. The van der Waals surface area contributed by atoms with Crippen molar-refractivity contribution in [2.75, 3.05) is 24.6 Å². The Labute approximate surface area is 120 Å². The van der Waals surface area contributed by atoms with Gasteiger partial charge in [0.15, 0.2) is 0 Å². The number of aliphatic hydroxyl groups is 1. The van der Waals surface area contributed by atoms with E-state index in [1.54, 1.807) is 12.1 Å². The van der Waals surface area contributed by atoms with Crippen molar-refractivity contribution in [2.45, 2.75) is 37.2 Å². The van der Waals surface area contributed by atoms with E-state index in [-0.39, 0.29) is 10.6 Å². The predicted molar refractivity (Wildman–Crippen MR) is 81.1 cm³/mol. The molecule has 114 valence electrons. The summed E-state index contributed by atoms with van der Waals surface area (Å²) in [5, 5.41) is 13.3. The maximum absolute atomic E-state index is 11.7. The van der Waals surface area contributed by atoms with Gasteiger partial charge in [0.2, 0.25) is 10.0 Å². The predicted octanol–water partition coefficient (Wildman–Crippen LogP) is 1.14. The van der Waals surface area contributed by atoms with E-state index < -0.39 is 15.6 Å². The highest BCUT2D eigenvalue weighted by molar-refractivity contribution is 7.89. The third-order valence-corrected chi connectivity index (χ3v) is 4.99. The molecule has 0 saturated carbocycles. The Morgan fingerprint density at radius 3 is 2.35 bits per heavy atom. The minimum absolute atomic E-state index is 0.0480. The van der Waals surface area contributed by atoms with Crippen LogP contribution in [0, 0.1) is 0 Å². The van der Waals surface area contributed by atoms with Gasteiger partial charge in [0.25, 0.3) is 0 Å². The smallest absolute Gasteiger partial charge is 0.242 e. The van der Waals surface area contributed by atoms with Crippen molar-refractivity contribution in [1.29, 1.82) is 0 Å². The highest BCUT2D eigenvalue weighted by Crippen LogP contribution is 2.23. The fraction of sp³-hybridized carbons (Fsp3) is 0.538. The molecule has 0 bridgehead atoms. The monoisotopic (exact) mass is 301 g/mol. The average molecular weight is 301 g/mol. The molecule has 7 heteroatoms. The average Bonchev–Trinajstić information content (AvgIpc) is 2.44. The van der Waals surface area contributed by atoms with Gasteiger partial charge in [-0.15, -0.1) is 0 Å². The molecular formula is C13H23N3O3S. The Kier molecular flexibility index (Phi) is 5.38. The molecule has 0 radical (unpaired) electrons. The van der Waals surface area contributed by atoms with Crippen LogP contribution >= 0.6 is 0 Å². The summed E-state index contributed by atoms with van der Waals surface area (Å²) < 4.78 is 25.6. The van der Waals surface area contributed by atoms with Gasteiger partial charge >= 0.3 is 0 Å². The summed E-state index contributed by atoms with van der Waals surface area (Å²) >= 11 is 0. The number of hydrogen-bond acceptors (Lipinski definition) is 5. The molecule has 0 amide bonds. The Bertz CT molecular complexity index is 554. The third-order valence-electron chi connectivity index (χ3n) is 3.51. The number of rotatable bonds is 7. The van der Waals surface area contributed by atoms with Crippen molar-refractivity contribution in [3.63, 3.8) is 0 Å². The van der Waals surface area contributed by atoms with E-state index >= 15 is 0 Å². The van der Waals surface area contributed by atoms with Crippen molar-refractivity contribution < 1.29 is 13.5 Å². The van der Waals surface area contributed by atoms with Gasteiger partial charge in [-0.25, -0.2) is 13.1 Å². The Balaban J connectivity index is 2.89. The van der Waals surface area contributed by atoms with Gasteiger partial charge in [0.1, 0.15) is 4.90 Å². The van der Waals surface area contributed by atoms with Gasteiger partial charge in [-0.2, -0.15) is 0 Å². The summed E-state index contributed by atoms with van der Waals surface area (Å²) in [5.74, 6) is 0. The molecule has 0 fully saturated rings. The van der Waals surface area contributed by atoms with Crippen LogP contribution in [0.1, 0.15) is 26.7 Å². The third kappa shape index (κ3) is 3.84. The molecule has 0 aromatic heterocycles. The number of nitrogen functional groups attached to an aromatic ring is 1. The van der Waals surface area contributed by atoms with E-state index in [9.17, 15) is 13.5 Å². The molecule has 0 aliphatic rings. The zero-order chi connectivity index (χ0) is 15.4. The summed E-state index contributed by atoms with van der Waals surface area (Å²) in [6.07, 6.45) is 1.27. The van der Waals surface area contributed by atoms with Crippen LogP contribution in [-0.4, -0.2) is 32.7 Å². The minimum Gasteiger partial charge on any atom is -0.398 e. The van der Waals surface area contributed by atoms with Crippen LogP contribution in [0.25, 0.3) is 0 Å². The fourth-order valence-electron chi connectivity index (χ4n) is 1.78. The van der Waals surface area contributed by atoms with Crippen molar-refractivity contribution in [3.05, 3.63) is 18.2 Å². The molecule has 0 saturated heterocycles. The summed E-state index contributed by atoms with van der Waals surface area (Å²) in [4.78, 5) is 0.0480. The van der Waals surface area contributed by atoms with E-state index in [0.717, 1.165) is 0 Å². The maximum Gasteiger partial charge on any atom is 0.242 e. The first kappa shape index (κ1) is 16.7. The molecule has 6 nitrogen and oxygen atoms in total. The lowest BCUT2D eigenvalue weighted by Gasteiger charge is -2.26. The van der Waals surface area contributed by atoms with E-state index in [0.29, 0.717) is 25.1 Å². The van der Waals surface area contributed by atoms with E-state index in [2.05, 4.69) is 10.0 Å². The van der Waals surface area contributed by atoms with E-state index in [1.165, 1.54) is 13.1 Å². The quantitative estimate of drug-likeness (QED) is 0.565. The molecule has 1 aromatic carbocycles. The first-order valence-electron chi connectivity index (χ1n) is 6.57. The van der Waals surface area contributed by atoms with Crippen molar-refractivity contribution in [1.82, 2.24) is 4.72 Å². The Morgan fingerprint density at radius 1 is 1.30 bits per heavy atom. The summed E-state index contributed by atoms with van der Waals surface area (Å²) in [6, 6.07) is 4.63. The topological polar surface area (TPSA) is 104 Å². The number of anilines is 2. The summed E-state index contributed by atoms with van der Waals surface area (Å²) in [6.45, 7) is 4.22. The van der Waals surface area contributed by atoms with Gasteiger partial charge in [-0.3, -0.25) is 0 Å². The standard InChI is InChI=1S/C13H23N3O3S/c1-4-13(17,5-2)9-16-10-6-7-12(11(14)8-10)20(18,19)15-3/h6-8,15-17H,4-5,9,14H2,1-3H3. The summed E-state index contributed by atoms with van der Waals surface area (Å²) in [5.41, 5.74) is 5.84. The molecule has 0 spiro atoms. The van der Waals surface area contributed by atoms with Gasteiger partial charge in [0, 0.05) is 12.2 Å². The zero-order valence-electron chi connectivity index (χ0n) is 12.1. The van der Waals surface area contributed by atoms with Crippen LogP contribution in [0.4, 0.5) is 11.4 Å². The van der Waals surface area contributed by atoms with E-state index in [4.69, 9.17) is 5.73 Å². The van der Waals surface area contributed by atoms with Crippen LogP contribution in [0.15, 0.2) is 23.1 Å². The van der Waals surface area contributed by atoms with Crippen LogP contribution in [0.5, 0.6) is 0 Å². The van der Waals surface area contributed by atoms with Gasteiger partial charge in [-0.05, 0) is 38.1 Å². The fourth-order valence-corrected chi connectivity index (χ4v) is 2.62. The van der Waals surface area contributed by atoms with Crippen LogP contribution in [0.2, 0.25) is 0 Å². The molecule has 1 rings (SSSR count). The van der Waals surface area contributed by atoms with Crippen molar-refractivity contribution >= 4 is 21.4 Å². The number of nitrogens with two attached hydrogens (primary N) is 1. The Hall–Kier alpha value is -1.31. The summed E-state index contributed by atoms with van der Waals surface area (Å²) in [7, 11) is -2.21. The maximum atomic E-state index is 11.7. The van der Waals surface area contributed by atoms with Crippen LogP contribution in [0.3, 0.4) is 0 Å². The number of benzene rings is 1. The largest absolute Gasteiger partial charge is 0.398 e. The molecular weight excluding hydrogens is 278 g/mol. The molecule has 0 atom stereocenters. The number of sulfonamides is 1. The highest BCUT2D eigenvalue weighted by atomic mass is 32.2. The van der Waals surface area contributed by atoms with Crippen molar-refractivity contribution in [2.24, 2.45) is 0 Å². The number of nitrogens with one attached hydrogen (secondary N) is 2. The van der Waals surface area contributed by atoms with E-state index in [1.807, 2.05) is 13.8 Å². The second kappa shape index (κ2) is 6.43. The minimum atomic E-state index is -3.55. The zero-order valence-corrected chi connectivity index (χ0v) is 12.9. The SMILES string of the molecule is CCC(O)(CC)CNc1ccc(S(=O)(=O)NC)c(N)c1. The molecule has 1 aromatic rings. The first-order chi connectivity index (χ1) is 9.28. The molecule has 0 aliphatic carbocycles. The normalized spacial score (nSPS) is 12.4. The van der Waals surface area contributed by atoms with Gasteiger partial charge in [0.05, 0.1) is 11.3 Å². The van der Waals surface area contributed by atoms with Gasteiger partial charge in [-0.1, -0.05) is 13.8 Å². The molecule has 0 heterocycles. The van der Waals surface area contributed by atoms with Gasteiger partial charge < -0.3 is 16.2 Å². The van der Waals surface area contributed by atoms with Crippen molar-refractivity contribution in [3.8, 4) is 0 Å². The lowest BCUT2D eigenvalue weighted by molar-refractivity contribution is 0.0457. The Morgan fingerprint density at radius 2 is 1.90 bits per heavy atom. The number of hydrogen-bond donors (Lipinski definition) is 4.